The summed E-state index contributed by atoms with van der Waals surface area (Å²) in [5.74, 6) is -2.45. The Kier molecular flexibility index (Phi) is 6.28. The first-order chi connectivity index (χ1) is 17.6. The van der Waals surface area contributed by atoms with E-state index in [1.807, 2.05) is 0 Å². The standard InChI is InChI=1S/C25H23F5N4O3/c1-2-24-7-3-4-8-34(24)21-11-20(32-23(35)33(21)14-24)36-13-15-9-17(26)22(18(27)10-15)37-16-5-6-19(31-12-16)25(28,29)30/h5-6,9-12H,2-4,7-8,13-14H2,1H3. The number of piperidine rings is 1. The SMILES string of the molecule is CCC12CCCCN1c1cc(OCc3cc(F)c(Oc4ccc(C(F)(F)F)nc4)c(F)c3)nc(=O)n1C2. The fourth-order valence-corrected chi connectivity index (χ4v) is 4.99. The molecule has 4 heterocycles. The fraction of sp³-hybridized carbons (Fsp3) is 0.400. The first-order valence-electron chi connectivity index (χ1n) is 11.8. The van der Waals surface area contributed by atoms with E-state index in [-0.39, 0.29) is 29.3 Å². The minimum absolute atomic E-state index is 0.0469. The van der Waals surface area contributed by atoms with E-state index >= 15 is 0 Å². The van der Waals surface area contributed by atoms with E-state index in [1.165, 1.54) is 0 Å². The highest BCUT2D eigenvalue weighted by Crippen LogP contribution is 2.42. The van der Waals surface area contributed by atoms with Crippen LogP contribution in [0.15, 0.2) is 41.3 Å². The van der Waals surface area contributed by atoms with Gasteiger partial charge >= 0.3 is 11.9 Å². The number of aromatic nitrogens is 3. The van der Waals surface area contributed by atoms with Gasteiger partial charge in [-0.15, -0.1) is 0 Å². The lowest BCUT2D eigenvalue weighted by Gasteiger charge is -2.42. The molecule has 0 radical (unpaired) electrons. The van der Waals surface area contributed by atoms with E-state index in [9.17, 15) is 26.7 Å². The molecule has 1 unspecified atom stereocenters. The van der Waals surface area contributed by atoms with Crippen molar-refractivity contribution in [3.8, 4) is 17.4 Å². The Bertz CT molecular complexity index is 1350. The quantitative estimate of drug-likeness (QED) is 0.401. The molecule has 2 aromatic heterocycles. The third-order valence-corrected chi connectivity index (χ3v) is 6.89. The Hall–Kier alpha value is -3.70. The van der Waals surface area contributed by atoms with Crippen LogP contribution in [0.4, 0.5) is 27.8 Å². The topological polar surface area (TPSA) is 69.5 Å². The van der Waals surface area contributed by atoms with Crippen LogP contribution in [0.2, 0.25) is 0 Å². The van der Waals surface area contributed by atoms with Gasteiger partial charge in [-0.3, -0.25) is 4.57 Å². The second-order valence-electron chi connectivity index (χ2n) is 9.16. The molecule has 5 rings (SSSR count). The van der Waals surface area contributed by atoms with Crippen molar-refractivity contribution in [1.29, 1.82) is 0 Å². The summed E-state index contributed by atoms with van der Waals surface area (Å²) in [5.41, 5.74) is -1.61. The predicted molar refractivity (Wildman–Crippen MR) is 123 cm³/mol. The molecule has 2 aliphatic heterocycles. The molecule has 1 saturated heterocycles. The molecular formula is C25H23F5N4O3. The highest BCUT2D eigenvalue weighted by atomic mass is 19.4. The number of fused-ring (bicyclic) bond motifs is 3. The van der Waals surface area contributed by atoms with Crippen molar-refractivity contribution in [2.75, 3.05) is 11.4 Å². The lowest BCUT2D eigenvalue weighted by Crippen LogP contribution is -2.49. The molecule has 2 aliphatic rings. The van der Waals surface area contributed by atoms with Crippen molar-refractivity contribution in [3.63, 3.8) is 0 Å². The normalized spacial score (nSPS) is 18.9. The van der Waals surface area contributed by atoms with Crippen LogP contribution in [0.3, 0.4) is 0 Å². The van der Waals surface area contributed by atoms with E-state index in [0.717, 1.165) is 62.4 Å². The molecular weight excluding hydrogens is 499 g/mol. The molecule has 0 bridgehead atoms. The van der Waals surface area contributed by atoms with Gasteiger partial charge in [0.2, 0.25) is 5.88 Å². The minimum atomic E-state index is -4.65. The van der Waals surface area contributed by atoms with Crippen LogP contribution in [0, 0.1) is 11.6 Å². The highest BCUT2D eigenvalue weighted by Gasteiger charge is 2.44. The third kappa shape index (κ3) is 4.72. The first-order valence-corrected chi connectivity index (χ1v) is 11.8. The van der Waals surface area contributed by atoms with Gasteiger partial charge in [-0.1, -0.05) is 6.92 Å². The number of halogens is 5. The Morgan fingerprint density at radius 2 is 1.86 bits per heavy atom. The Morgan fingerprint density at radius 1 is 1.11 bits per heavy atom. The molecule has 1 aromatic carbocycles. The van der Waals surface area contributed by atoms with Crippen molar-refractivity contribution in [1.82, 2.24) is 14.5 Å². The van der Waals surface area contributed by atoms with Crippen LogP contribution < -0.4 is 20.1 Å². The van der Waals surface area contributed by atoms with Crippen LogP contribution in [0.1, 0.15) is 43.9 Å². The summed E-state index contributed by atoms with van der Waals surface area (Å²) in [6.45, 7) is 3.22. The van der Waals surface area contributed by atoms with Gasteiger partial charge in [0.1, 0.15) is 23.9 Å². The van der Waals surface area contributed by atoms with Crippen molar-refractivity contribution >= 4 is 5.82 Å². The van der Waals surface area contributed by atoms with Crippen LogP contribution >= 0.6 is 0 Å². The zero-order valence-electron chi connectivity index (χ0n) is 19.8. The largest absolute Gasteiger partial charge is 0.473 e. The van der Waals surface area contributed by atoms with E-state index in [1.54, 1.807) is 10.6 Å². The van der Waals surface area contributed by atoms with Crippen LogP contribution in [0.5, 0.6) is 17.4 Å². The van der Waals surface area contributed by atoms with Gasteiger partial charge in [0, 0.05) is 12.6 Å². The van der Waals surface area contributed by atoms with Gasteiger partial charge in [0.05, 0.1) is 18.3 Å². The lowest BCUT2D eigenvalue weighted by molar-refractivity contribution is -0.141. The number of alkyl halides is 3. The number of ether oxygens (including phenoxy) is 2. The molecule has 37 heavy (non-hydrogen) atoms. The zero-order valence-corrected chi connectivity index (χ0v) is 19.8. The van der Waals surface area contributed by atoms with Gasteiger partial charge in [-0.2, -0.15) is 18.2 Å². The molecule has 0 saturated carbocycles. The monoisotopic (exact) mass is 522 g/mol. The van der Waals surface area contributed by atoms with Gasteiger partial charge in [0.25, 0.3) is 0 Å². The summed E-state index contributed by atoms with van der Waals surface area (Å²) < 4.78 is 79.5. The molecule has 1 fully saturated rings. The Morgan fingerprint density at radius 3 is 2.51 bits per heavy atom. The summed E-state index contributed by atoms with van der Waals surface area (Å²) in [6, 6.07) is 5.19. The summed E-state index contributed by atoms with van der Waals surface area (Å²) >= 11 is 0. The van der Waals surface area contributed by atoms with Gasteiger partial charge < -0.3 is 14.4 Å². The molecule has 0 N–H and O–H groups in total. The Balaban J connectivity index is 1.31. The molecule has 0 spiro atoms. The number of anilines is 1. The number of nitrogens with zero attached hydrogens (tertiary/aromatic N) is 4. The lowest BCUT2D eigenvalue weighted by atomic mass is 9.85. The first kappa shape index (κ1) is 25.0. The molecule has 0 aliphatic carbocycles. The highest BCUT2D eigenvalue weighted by molar-refractivity contribution is 5.50. The minimum Gasteiger partial charge on any atom is -0.473 e. The third-order valence-electron chi connectivity index (χ3n) is 6.89. The molecule has 7 nitrogen and oxygen atoms in total. The van der Waals surface area contributed by atoms with E-state index < -0.39 is 34.9 Å². The zero-order chi connectivity index (χ0) is 26.4. The van der Waals surface area contributed by atoms with Crippen molar-refractivity contribution in [3.05, 3.63) is 69.9 Å². The van der Waals surface area contributed by atoms with Crippen molar-refractivity contribution in [2.24, 2.45) is 0 Å². The molecule has 196 valence electrons. The summed E-state index contributed by atoms with van der Waals surface area (Å²) in [5, 5.41) is 0. The van der Waals surface area contributed by atoms with Gasteiger partial charge in [-0.25, -0.2) is 18.6 Å². The smallest absolute Gasteiger partial charge is 0.433 e. The van der Waals surface area contributed by atoms with E-state index in [4.69, 9.17) is 9.47 Å². The van der Waals surface area contributed by atoms with E-state index in [0.29, 0.717) is 12.6 Å². The maximum absolute atomic E-state index is 14.6. The molecule has 1 atom stereocenters. The number of benzene rings is 1. The molecule has 0 amide bonds. The Labute approximate surface area is 208 Å². The summed E-state index contributed by atoms with van der Waals surface area (Å²) in [6.07, 6.45) is 0.0608. The average molecular weight is 522 g/mol. The predicted octanol–water partition coefficient (Wildman–Crippen LogP) is 5.46. The van der Waals surface area contributed by atoms with Crippen LogP contribution in [-0.2, 0) is 19.3 Å². The second kappa shape index (κ2) is 9.31. The van der Waals surface area contributed by atoms with Gasteiger partial charge in [-0.05, 0) is 55.5 Å². The van der Waals surface area contributed by atoms with Gasteiger partial charge in [0.15, 0.2) is 17.4 Å². The fourth-order valence-electron chi connectivity index (χ4n) is 4.99. The number of rotatable bonds is 6. The van der Waals surface area contributed by atoms with Crippen LogP contribution in [-0.4, -0.2) is 26.6 Å². The molecule has 12 heteroatoms. The second-order valence-corrected chi connectivity index (χ2v) is 9.16. The summed E-state index contributed by atoms with van der Waals surface area (Å²) in [4.78, 5) is 22.1. The van der Waals surface area contributed by atoms with Crippen LogP contribution in [0.25, 0.3) is 0 Å². The van der Waals surface area contributed by atoms with E-state index in [2.05, 4.69) is 21.8 Å². The van der Waals surface area contributed by atoms with Crippen molar-refractivity contribution < 1.29 is 31.4 Å². The molecule has 3 aromatic rings. The number of pyridine rings is 1. The average Bonchev–Trinajstić information content (AvgIpc) is 3.20. The van der Waals surface area contributed by atoms with Crippen molar-refractivity contribution in [2.45, 2.75) is 57.5 Å². The maximum atomic E-state index is 14.6. The summed E-state index contributed by atoms with van der Waals surface area (Å²) in [7, 11) is 0. The maximum Gasteiger partial charge on any atom is 0.433 e. The number of hydrogen-bond acceptors (Lipinski definition) is 6. The number of hydrogen-bond donors (Lipinski definition) is 0.